The Kier molecular flexibility index (Phi) is 5.34. The van der Waals surface area contributed by atoms with Crippen molar-refractivity contribution in [3.63, 3.8) is 0 Å². The van der Waals surface area contributed by atoms with Gasteiger partial charge in [0.2, 0.25) is 5.91 Å². The number of carbonyl (C=O) groups excluding carboxylic acids is 2. The molecule has 5 rings (SSSR count). The number of aromatic amines is 1. The lowest BCUT2D eigenvalue weighted by atomic mass is 9.88. The van der Waals surface area contributed by atoms with Crippen LogP contribution in [0.1, 0.15) is 46.8 Å². The van der Waals surface area contributed by atoms with Crippen LogP contribution in [-0.2, 0) is 4.79 Å². The molecule has 156 valence electrons. The maximum atomic E-state index is 13.2. The van der Waals surface area contributed by atoms with Crippen molar-refractivity contribution >= 4 is 34.1 Å². The number of hydrogen-bond donors (Lipinski definition) is 1. The first-order chi connectivity index (χ1) is 14.7. The lowest BCUT2D eigenvalue weighted by Gasteiger charge is -2.37. The van der Waals surface area contributed by atoms with E-state index in [4.69, 9.17) is 0 Å². The van der Waals surface area contributed by atoms with Crippen molar-refractivity contribution < 1.29 is 9.59 Å². The Balaban J connectivity index is 1.21. The number of nitrogens with zero attached hydrogens (tertiary/aromatic N) is 2. The van der Waals surface area contributed by atoms with Crippen molar-refractivity contribution in [1.82, 2.24) is 14.8 Å². The Morgan fingerprint density at radius 3 is 2.60 bits per heavy atom. The van der Waals surface area contributed by atoms with Gasteiger partial charge in [0.1, 0.15) is 0 Å². The molecule has 1 aromatic carbocycles. The third-order valence-corrected chi connectivity index (χ3v) is 7.52. The number of amides is 2. The molecular formula is C24H27N3O2S. The van der Waals surface area contributed by atoms with Gasteiger partial charge in [0, 0.05) is 43.3 Å². The minimum Gasteiger partial charge on any atom is -0.361 e. The molecule has 0 unspecified atom stereocenters. The number of benzene rings is 1. The second kappa shape index (κ2) is 8.26. The molecule has 3 aromatic rings. The Morgan fingerprint density at radius 1 is 0.967 bits per heavy atom. The fourth-order valence-electron chi connectivity index (χ4n) is 5.02. The molecule has 1 atom stereocenters. The quantitative estimate of drug-likeness (QED) is 0.678. The molecule has 2 aromatic heterocycles. The monoisotopic (exact) mass is 421 g/mol. The van der Waals surface area contributed by atoms with Gasteiger partial charge < -0.3 is 14.8 Å². The van der Waals surface area contributed by atoms with Crippen LogP contribution in [-0.4, -0.2) is 52.8 Å². The van der Waals surface area contributed by atoms with Gasteiger partial charge in [0.25, 0.3) is 5.91 Å². The van der Waals surface area contributed by atoms with Crippen LogP contribution in [0.25, 0.3) is 10.9 Å². The van der Waals surface area contributed by atoms with E-state index in [1.54, 1.807) is 0 Å². The van der Waals surface area contributed by atoms with Gasteiger partial charge in [-0.15, -0.1) is 11.3 Å². The molecule has 4 heterocycles. The zero-order valence-electron chi connectivity index (χ0n) is 17.0. The second-order valence-electron chi connectivity index (χ2n) is 8.46. The summed E-state index contributed by atoms with van der Waals surface area (Å²) in [5.41, 5.74) is 2.56. The maximum Gasteiger partial charge on any atom is 0.263 e. The van der Waals surface area contributed by atoms with Crippen LogP contribution < -0.4 is 0 Å². The van der Waals surface area contributed by atoms with E-state index in [0.29, 0.717) is 12.5 Å². The number of likely N-dealkylation sites (tertiary alicyclic amines) is 2. The van der Waals surface area contributed by atoms with E-state index >= 15 is 0 Å². The summed E-state index contributed by atoms with van der Waals surface area (Å²) < 4.78 is 0. The van der Waals surface area contributed by atoms with Gasteiger partial charge in [-0.3, -0.25) is 9.59 Å². The number of rotatable bonds is 3. The fraction of sp³-hybridized carbons (Fsp3) is 0.417. The van der Waals surface area contributed by atoms with Crippen LogP contribution >= 0.6 is 11.3 Å². The predicted molar refractivity (Wildman–Crippen MR) is 120 cm³/mol. The van der Waals surface area contributed by atoms with Gasteiger partial charge in [-0.1, -0.05) is 24.3 Å². The van der Waals surface area contributed by atoms with Crippen LogP contribution in [0.15, 0.2) is 48.0 Å². The van der Waals surface area contributed by atoms with E-state index < -0.39 is 0 Å². The summed E-state index contributed by atoms with van der Waals surface area (Å²) in [5, 5.41) is 3.23. The van der Waals surface area contributed by atoms with Crippen LogP contribution in [0.3, 0.4) is 0 Å². The molecule has 2 amide bonds. The zero-order valence-corrected chi connectivity index (χ0v) is 17.9. The number of carbonyl (C=O) groups is 2. The largest absolute Gasteiger partial charge is 0.361 e. The number of fused-ring (bicyclic) bond motifs is 1. The van der Waals surface area contributed by atoms with E-state index in [1.165, 1.54) is 27.8 Å². The summed E-state index contributed by atoms with van der Waals surface area (Å²) in [6, 6.07) is 12.2. The van der Waals surface area contributed by atoms with Crippen LogP contribution in [0.5, 0.6) is 0 Å². The molecule has 0 aliphatic carbocycles. The standard InChI is InChI=1S/C24H27N3O2S/c28-23(18-5-3-11-27(16-18)24(29)22-8-4-14-30-22)26-12-9-17(10-13-26)20-15-25-21-7-2-1-6-19(20)21/h1-2,4,6-8,14-15,17-18,25H,3,5,9-13,16H2/t18-/m0/s1. The summed E-state index contributed by atoms with van der Waals surface area (Å²) in [4.78, 5) is 33.9. The number of nitrogens with one attached hydrogen (secondary N) is 1. The van der Waals surface area contributed by atoms with E-state index in [2.05, 4.69) is 35.4 Å². The highest BCUT2D eigenvalue weighted by atomic mass is 32.1. The molecule has 2 fully saturated rings. The van der Waals surface area contributed by atoms with Crippen molar-refractivity contribution in [2.75, 3.05) is 26.2 Å². The number of para-hydroxylation sites is 1. The number of hydrogen-bond acceptors (Lipinski definition) is 3. The Hall–Kier alpha value is -2.60. The molecule has 30 heavy (non-hydrogen) atoms. The molecule has 2 saturated heterocycles. The van der Waals surface area contributed by atoms with Gasteiger partial charge in [-0.25, -0.2) is 0 Å². The smallest absolute Gasteiger partial charge is 0.263 e. The molecule has 1 N–H and O–H groups in total. The van der Waals surface area contributed by atoms with E-state index in [1.807, 2.05) is 27.3 Å². The van der Waals surface area contributed by atoms with Crippen molar-refractivity contribution in [2.45, 2.75) is 31.6 Å². The van der Waals surface area contributed by atoms with Gasteiger partial charge >= 0.3 is 0 Å². The lowest BCUT2D eigenvalue weighted by molar-refractivity contribution is -0.138. The molecule has 2 aliphatic rings. The predicted octanol–water partition coefficient (Wildman–Crippen LogP) is 4.49. The SMILES string of the molecule is O=C(c1cccs1)N1CCC[C@H](C(=O)N2CCC(c3c[nH]c4ccccc34)CC2)C1. The highest BCUT2D eigenvalue weighted by molar-refractivity contribution is 7.12. The molecule has 2 aliphatic heterocycles. The third-order valence-electron chi connectivity index (χ3n) is 6.66. The summed E-state index contributed by atoms with van der Waals surface area (Å²) in [6.45, 7) is 2.91. The number of piperidine rings is 2. The second-order valence-corrected chi connectivity index (χ2v) is 9.40. The van der Waals surface area contributed by atoms with Crippen molar-refractivity contribution in [2.24, 2.45) is 5.92 Å². The minimum atomic E-state index is -0.0627. The first-order valence-corrected chi connectivity index (χ1v) is 11.8. The highest BCUT2D eigenvalue weighted by Gasteiger charge is 2.33. The molecule has 0 saturated carbocycles. The minimum absolute atomic E-state index is 0.0627. The molecule has 5 nitrogen and oxygen atoms in total. The average Bonchev–Trinajstić information content (AvgIpc) is 3.49. The average molecular weight is 422 g/mol. The van der Waals surface area contributed by atoms with E-state index in [0.717, 1.165) is 50.2 Å². The fourth-order valence-corrected chi connectivity index (χ4v) is 5.71. The molecule has 6 heteroatoms. The molecular weight excluding hydrogens is 394 g/mol. The summed E-state index contributed by atoms with van der Waals surface area (Å²) in [6.07, 6.45) is 5.92. The molecule has 0 spiro atoms. The zero-order chi connectivity index (χ0) is 20.5. The van der Waals surface area contributed by atoms with Gasteiger partial charge in [-0.05, 0) is 54.7 Å². The topological polar surface area (TPSA) is 56.4 Å². The van der Waals surface area contributed by atoms with Gasteiger partial charge in [0.05, 0.1) is 10.8 Å². The van der Waals surface area contributed by atoms with Crippen molar-refractivity contribution in [1.29, 1.82) is 0 Å². The Bertz CT molecular complexity index is 1030. The molecule has 0 bridgehead atoms. The normalized spacial score (nSPS) is 20.6. The number of aromatic nitrogens is 1. The van der Waals surface area contributed by atoms with Crippen molar-refractivity contribution in [3.8, 4) is 0 Å². The first-order valence-electron chi connectivity index (χ1n) is 10.9. The first kappa shape index (κ1) is 19.4. The third kappa shape index (κ3) is 3.65. The van der Waals surface area contributed by atoms with Crippen LogP contribution in [0, 0.1) is 5.92 Å². The highest BCUT2D eigenvalue weighted by Crippen LogP contribution is 2.34. The number of thiophene rings is 1. The number of H-pyrrole nitrogens is 1. The van der Waals surface area contributed by atoms with E-state index in [9.17, 15) is 9.59 Å². The van der Waals surface area contributed by atoms with Crippen LogP contribution in [0.2, 0.25) is 0 Å². The van der Waals surface area contributed by atoms with Gasteiger partial charge in [0.15, 0.2) is 0 Å². The Labute approximate surface area is 180 Å². The van der Waals surface area contributed by atoms with Crippen LogP contribution in [0.4, 0.5) is 0 Å². The van der Waals surface area contributed by atoms with Crippen molar-refractivity contribution in [3.05, 3.63) is 58.4 Å². The summed E-state index contributed by atoms with van der Waals surface area (Å²) in [5.74, 6) is 0.734. The summed E-state index contributed by atoms with van der Waals surface area (Å²) in [7, 11) is 0. The van der Waals surface area contributed by atoms with E-state index in [-0.39, 0.29) is 17.7 Å². The summed E-state index contributed by atoms with van der Waals surface area (Å²) >= 11 is 1.47. The molecule has 0 radical (unpaired) electrons. The maximum absolute atomic E-state index is 13.2. The Morgan fingerprint density at radius 2 is 1.80 bits per heavy atom. The van der Waals surface area contributed by atoms with Gasteiger partial charge in [-0.2, -0.15) is 0 Å². The lowest BCUT2D eigenvalue weighted by Crippen LogP contribution is -2.48.